The molecule has 1 aromatic heterocycles. The maximum absolute atomic E-state index is 12.7. The van der Waals surface area contributed by atoms with Gasteiger partial charge in [-0.3, -0.25) is 0 Å². The summed E-state index contributed by atoms with van der Waals surface area (Å²) >= 11 is 0. The largest absolute Gasteiger partial charge is 0.332 e. The van der Waals surface area contributed by atoms with E-state index < -0.39 is 10.0 Å². The molecule has 0 amide bonds. The van der Waals surface area contributed by atoms with Crippen molar-refractivity contribution in [3.8, 4) is 0 Å². The molecule has 7 heteroatoms. The van der Waals surface area contributed by atoms with Crippen LogP contribution in [0.4, 0.5) is 0 Å². The van der Waals surface area contributed by atoms with E-state index in [0.29, 0.717) is 31.9 Å². The van der Waals surface area contributed by atoms with Gasteiger partial charge in [0.2, 0.25) is 0 Å². The molecular formula is C13H26N4O2S. The summed E-state index contributed by atoms with van der Waals surface area (Å²) < 4.78 is 26.8. The number of H-pyrrole nitrogens is 1. The highest BCUT2D eigenvalue weighted by atomic mass is 32.2. The Morgan fingerprint density at radius 2 is 2.05 bits per heavy atom. The van der Waals surface area contributed by atoms with Gasteiger partial charge in [0.05, 0.1) is 6.20 Å². The van der Waals surface area contributed by atoms with Crippen LogP contribution in [0.5, 0.6) is 0 Å². The molecular weight excluding hydrogens is 276 g/mol. The summed E-state index contributed by atoms with van der Waals surface area (Å²) in [6.07, 6.45) is 2.83. The van der Waals surface area contributed by atoms with Gasteiger partial charge in [-0.25, -0.2) is 13.4 Å². The van der Waals surface area contributed by atoms with Gasteiger partial charge in [0.25, 0.3) is 10.0 Å². The van der Waals surface area contributed by atoms with Gasteiger partial charge < -0.3 is 10.7 Å². The zero-order valence-corrected chi connectivity index (χ0v) is 13.6. The highest BCUT2D eigenvalue weighted by Crippen LogP contribution is 2.21. The molecule has 0 spiro atoms. The number of nitrogens with one attached hydrogen (secondary N) is 1. The van der Waals surface area contributed by atoms with E-state index in [1.54, 1.807) is 0 Å². The average molecular weight is 302 g/mol. The second-order valence-electron chi connectivity index (χ2n) is 5.75. The molecule has 3 N–H and O–H groups in total. The second kappa shape index (κ2) is 6.69. The predicted molar refractivity (Wildman–Crippen MR) is 79.9 cm³/mol. The van der Waals surface area contributed by atoms with Crippen molar-refractivity contribution in [3.05, 3.63) is 12.0 Å². The smallest absolute Gasteiger partial charge is 0.260 e. The minimum absolute atomic E-state index is 0.163. The molecule has 1 heterocycles. The van der Waals surface area contributed by atoms with Crippen LogP contribution in [0, 0.1) is 5.41 Å². The van der Waals surface area contributed by atoms with E-state index in [0.717, 1.165) is 6.42 Å². The van der Waals surface area contributed by atoms with E-state index in [-0.39, 0.29) is 10.4 Å². The van der Waals surface area contributed by atoms with Gasteiger partial charge in [0.15, 0.2) is 5.03 Å². The Balaban J connectivity index is 3.05. The molecule has 20 heavy (non-hydrogen) atoms. The van der Waals surface area contributed by atoms with E-state index in [1.807, 2.05) is 27.7 Å². The van der Waals surface area contributed by atoms with Crippen LogP contribution in [-0.4, -0.2) is 42.3 Å². The van der Waals surface area contributed by atoms with Crippen molar-refractivity contribution in [2.75, 3.05) is 19.6 Å². The summed E-state index contributed by atoms with van der Waals surface area (Å²) in [5.74, 6) is 0.679. The third-order valence-corrected chi connectivity index (χ3v) is 4.94. The molecule has 0 bridgehead atoms. The first-order valence-corrected chi connectivity index (χ1v) is 8.45. The molecule has 1 rings (SSSR count). The lowest BCUT2D eigenvalue weighted by atomic mass is 9.94. The van der Waals surface area contributed by atoms with Crippen molar-refractivity contribution in [2.45, 2.75) is 45.6 Å². The highest BCUT2D eigenvalue weighted by molar-refractivity contribution is 7.89. The maximum atomic E-state index is 12.7. The first-order chi connectivity index (χ1) is 9.26. The zero-order valence-electron chi connectivity index (χ0n) is 12.8. The Morgan fingerprint density at radius 1 is 1.40 bits per heavy atom. The van der Waals surface area contributed by atoms with Gasteiger partial charge in [-0.1, -0.05) is 27.7 Å². The molecule has 6 nitrogen and oxygen atoms in total. The summed E-state index contributed by atoms with van der Waals surface area (Å²) in [6, 6.07) is 0. The van der Waals surface area contributed by atoms with Crippen LogP contribution >= 0.6 is 0 Å². The molecule has 0 radical (unpaired) electrons. The number of aryl methyl sites for hydroxylation is 1. The molecule has 1 aromatic rings. The molecule has 0 unspecified atom stereocenters. The maximum Gasteiger partial charge on any atom is 0.260 e. The number of aromatic nitrogens is 2. The van der Waals surface area contributed by atoms with Crippen LogP contribution < -0.4 is 5.73 Å². The molecule has 0 saturated carbocycles. The van der Waals surface area contributed by atoms with E-state index >= 15 is 0 Å². The van der Waals surface area contributed by atoms with Crippen molar-refractivity contribution in [1.82, 2.24) is 14.3 Å². The fraction of sp³-hybridized carbons (Fsp3) is 0.769. The molecule has 0 atom stereocenters. The molecule has 116 valence electrons. The Bertz CT molecular complexity index is 522. The van der Waals surface area contributed by atoms with Crippen molar-refractivity contribution in [3.63, 3.8) is 0 Å². The first-order valence-electron chi connectivity index (χ1n) is 7.01. The quantitative estimate of drug-likeness (QED) is 0.758. The molecule has 0 aliphatic carbocycles. The Morgan fingerprint density at radius 3 is 2.50 bits per heavy atom. The van der Waals surface area contributed by atoms with Gasteiger partial charge in [-0.2, -0.15) is 4.31 Å². The van der Waals surface area contributed by atoms with Gasteiger partial charge in [-0.05, 0) is 18.4 Å². The fourth-order valence-corrected chi connectivity index (χ4v) is 3.52. The van der Waals surface area contributed by atoms with Crippen LogP contribution in [0.3, 0.4) is 0 Å². The summed E-state index contributed by atoms with van der Waals surface area (Å²) in [5, 5.41) is 0.163. The number of hydrogen-bond donors (Lipinski definition) is 2. The normalized spacial score (nSPS) is 13.1. The summed E-state index contributed by atoms with van der Waals surface area (Å²) in [4.78, 5) is 6.95. The van der Waals surface area contributed by atoms with Crippen LogP contribution in [0.15, 0.2) is 11.2 Å². The van der Waals surface area contributed by atoms with Crippen molar-refractivity contribution < 1.29 is 8.42 Å². The van der Waals surface area contributed by atoms with Crippen molar-refractivity contribution in [2.24, 2.45) is 11.1 Å². The summed E-state index contributed by atoms with van der Waals surface area (Å²) in [5.41, 5.74) is 5.46. The number of nitrogens with two attached hydrogens (primary N) is 1. The Kier molecular flexibility index (Phi) is 5.73. The van der Waals surface area contributed by atoms with E-state index in [4.69, 9.17) is 5.73 Å². The topological polar surface area (TPSA) is 92.1 Å². The molecule has 0 aromatic carbocycles. The fourth-order valence-electron chi connectivity index (χ4n) is 1.87. The van der Waals surface area contributed by atoms with Crippen LogP contribution in [0.2, 0.25) is 0 Å². The predicted octanol–water partition coefficient (Wildman–Crippen LogP) is 1.36. The van der Waals surface area contributed by atoms with Crippen molar-refractivity contribution >= 4 is 10.0 Å². The minimum Gasteiger partial charge on any atom is -0.332 e. The zero-order chi connectivity index (χ0) is 15.4. The first kappa shape index (κ1) is 17.1. The molecule has 0 fully saturated rings. The summed E-state index contributed by atoms with van der Waals surface area (Å²) in [6.45, 7) is 9.14. The van der Waals surface area contributed by atoms with Crippen LogP contribution in [0.25, 0.3) is 0 Å². The monoisotopic (exact) mass is 302 g/mol. The highest BCUT2D eigenvalue weighted by Gasteiger charge is 2.30. The minimum atomic E-state index is -3.54. The number of sulfonamides is 1. The van der Waals surface area contributed by atoms with E-state index in [2.05, 4.69) is 9.97 Å². The third kappa shape index (κ3) is 4.04. The summed E-state index contributed by atoms with van der Waals surface area (Å²) in [7, 11) is -3.54. The van der Waals surface area contributed by atoms with Crippen molar-refractivity contribution in [1.29, 1.82) is 0 Å². The molecule has 0 aliphatic rings. The lowest BCUT2D eigenvalue weighted by Crippen LogP contribution is -2.42. The lowest BCUT2D eigenvalue weighted by Gasteiger charge is -2.30. The Hall–Kier alpha value is -0.920. The van der Waals surface area contributed by atoms with Gasteiger partial charge in [-0.15, -0.1) is 0 Å². The van der Waals surface area contributed by atoms with Gasteiger partial charge in [0.1, 0.15) is 5.82 Å². The van der Waals surface area contributed by atoms with Gasteiger partial charge >= 0.3 is 0 Å². The second-order valence-corrected chi connectivity index (χ2v) is 7.66. The van der Waals surface area contributed by atoms with E-state index in [9.17, 15) is 8.42 Å². The van der Waals surface area contributed by atoms with E-state index in [1.165, 1.54) is 10.5 Å². The van der Waals surface area contributed by atoms with Gasteiger partial charge in [0, 0.05) is 19.5 Å². The molecule has 0 saturated heterocycles. The Labute approximate surface area is 121 Å². The number of rotatable bonds is 8. The average Bonchev–Trinajstić information content (AvgIpc) is 2.87. The number of imidazole rings is 1. The van der Waals surface area contributed by atoms with Crippen LogP contribution in [0.1, 0.15) is 39.9 Å². The standard InChI is InChI=1S/C13H26N4O2S/c1-5-7-17(10-13(3,4)9-14)20(18,19)12-8-15-11(6-2)16-12/h8H,5-7,9-10,14H2,1-4H3,(H,15,16). The number of aromatic amines is 1. The third-order valence-electron chi connectivity index (χ3n) is 3.19. The number of hydrogen-bond acceptors (Lipinski definition) is 4. The lowest BCUT2D eigenvalue weighted by molar-refractivity contribution is 0.266. The SMILES string of the molecule is CCCN(CC(C)(C)CN)S(=O)(=O)c1cnc(CC)[nH]1. The van der Waals surface area contributed by atoms with Crippen LogP contribution in [-0.2, 0) is 16.4 Å². The number of nitrogens with zero attached hydrogens (tertiary/aromatic N) is 2. The molecule has 0 aliphatic heterocycles.